The Morgan fingerprint density at radius 2 is 2.11 bits per heavy atom. The predicted molar refractivity (Wildman–Crippen MR) is 83.0 cm³/mol. The van der Waals surface area contributed by atoms with E-state index < -0.39 is 0 Å². The van der Waals surface area contributed by atoms with Gasteiger partial charge in [0.15, 0.2) is 0 Å². The molecule has 0 aliphatic carbocycles. The standard InChI is InChI=1S/C16H26ClNO/c1-4-10-18-12-14-8-5-9-15(17)16(14)19-11-6-7-13(2)3/h5,8-9,13,18H,4,6-7,10-12H2,1-3H3. The van der Waals surface area contributed by atoms with E-state index in [1.807, 2.05) is 12.1 Å². The van der Waals surface area contributed by atoms with Gasteiger partial charge in [-0.15, -0.1) is 0 Å². The highest BCUT2D eigenvalue weighted by atomic mass is 35.5. The molecule has 1 N–H and O–H groups in total. The summed E-state index contributed by atoms with van der Waals surface area (Å²) in [6.07, 6.45) is 3.39. The van der Waals surface area contributed by atoms with Gasteiger partial charge in [0.1, 0.15) is 5.75 Å². The van der Waals surface area contributed by atoms with Gasteiger partial charge in [-0.1, -0.05) is 44.5 Å². The van der Waals surface area contributed by atoms with E-state index in [2.05, 4.69) is 32.2 Å². The Morgan fingerprint density at radius 3 is 2.79 bits per heavy atom. The topological polar surface area (TPSA) is 21.3 Å². The number of hydrogen-bond donors (Lipinski definition) is 1. The van der Waals surface area contributed by atoms with Crippen LogP contribution in [0.15, 0.2) is 18.2 Å². The second-order valence-electron chi connectivity index (χ2n) is 5.29. The zero-order valence-corrected chi connectivity index (χ0v) is 13.1. The van der Waals surface area contributed by atoms with Gasteiger partial charge in [-0.3, -0.25) is 0 Å². The molecule has 0 radical (unpaired) electrons. The molecule has 0 spiro atoms. The first-order valence-electron chi connectivity index (χ1n) is 7.26. The first-order valence-corrected chi connectivity index (χ1v) is 7.63. The molecule has 0 saturated heterocycles. The summed E-state index contributed by atoms with van der Waals surface area (Å²) >= 11 is 6.23. The lowest BCUT2D eigenvalue weighted by atomic mass is 10.1. The molecule has 0 unspecified atom stereocenters. The number of halogens is 1. The zero-order chi connectivity index (χ0) is 14.1. The minimum atomic E-state index is 0.709. The van der Waals surface area contributed by atoms with Gasteiger partial charge < -0.3 is 10.1 Å². The number of hydrogen-bond acceptors (Lipinski definition) is 2. The van der Waals surface area contributed by atoms with Crippen LogP contribution in [0.5, 0.6) is 5.75 Å². The predicted octanol–water partition coefficient (Wildman–Crippen LogP) is 4.65. The van der Waals surface area contributed by atoms with Crippen LogP contribution in [0.1, 0.15) is 45.6 Å². The van der Waals surface area contributed by atoms with E-state index in [0.29, 0.717) is 5.02 Å². The third-order valence-corrected chi connectivity index (χ3v) is 3.26. The molecule has 19 heavy (non-hydrogen) atoms. The summed E-state index contributed by atoms with van der Waals surface area (Å²) in [5, 5.41) is 4.10. The summed E-state index contributed by atoms with van der Waals surface area (Å²) < 4.78 is 5.88. The Kier molecular flexibility index (Phi) is 7.92. The fraction of sp³-hybridized carbons (Fsp3) is 0.625. The first kappa shape index (κ1) is 16.3. The third kappa shape index (κ3) is 6.31. The van der Waals surface area contributed by atoms with Gasteiger partial charge in [-0.2, -0.15) is 0 Å². The summed E-state index contributed by atoms with van der Waals surface area (Å²) in [6.45, 7) is 9.19. The van der Waals surface area contributed by atoms with Crippen molar-refractivity contribution in [2.75, 3.05) is 13.2 Å². The van der Waals surface area contributed by atoms with Gasteiger partial charge in [-0.25, -0.2) is 0 Å². The van der Waals surface area contributed by atoms with Gasteiger partial charge in [0.05, 0.1) is 11.6 Å². The minimum absolute atomic E-state index is 0.709. The molecule has 1 rings (SSSR count). The molecule has 0 saturated carbocycles. The van der Waals surface area contributed by atoms with Gasteiger partial charge >= 0.3 is 0 Å². The van der Waals surface area contributed by atoms with Crippen LogP contribution in [0.25, 0.3) is 0 Å². The molecule has 3 heteroatoms. The molecule has 0 amide bonds. The molecule has 108 valence electrons. The van der Waals surface area contributed by atoms with Crippen molar-refractivity contribution in [1.82, 2.24) is 5.32 Å². The van der Waals surface area contributed by atoms with Crippen molar-refractivity contribution in [3.63, 3.8) is 0 Å². The van der Waals surface area contributed by atoms with Crippen molar-refractivity contribution in [1.29, 1.82) is 0 Å². The number of para-hydroxylation sites is 1. The molecule has 0 aliphatic heterocycles. The fourth-order valence-electron chi connectivity index (χ4n) is 1.92. The van der Waals surface area contributed by atoms with Crippen LogP contribution in [0.2, 0.25) is 5.02 Å². The van der Waals surface area contributed by atoms with E-state index >= 15 is 0 Å². The van der Waals surface area contributed by atoms with Gasteiger partial charge in [0.2, 0.25) is 0 Å². The molecule has 0 bridgehead atoms. The smallest absolute Gasteiger partial charge is 0.142 e. The number of nitrogens with one attached hydrogen (secondary N) is 1. The highest BCUT2D eigenvalue weighted by Gasteiger charge is 2.08. The van der Waals surface area contributed by atoms with Crippen molar-refractivity contribution in [3.8, 4) is 5.75 Å². The van der Waals surface area contributed by atoms with E-state index in [0.717, 1.165) is 49.8 Å². The van der Waals surface area contributed by atoms with Crippen LogP contribution < -0.4 is 10.1 Å². The van der Waals surface area contributed by atoms with Crippen molar-refractivity contribution >= 4 is 11.6 Å². The average Bonchev–Trinajstić information content (AvgIpc) is 2.37. The molecular weight excluding hydrogens is 258 g/mol. The number of rotatable bonds is 9. The largest absolute Gasteiger partial charge is 0.492 e. The summed E-state index contributed by atoms with van der Waals surface area (Å²) in [5.74, 6) is 1.57. The maximum absolute atomic E-state index is 6.23. The SMILES string of the molecule is CCCNCc1cccc(Cl)c1OCCCC(C)C. The van der Waals surface area contributed by atoms with E-state index in [1.54, 1.807) is 0 Å². The summed E-state index contributed by atoms with van der Waals surface area (Å²) in [5.41, 5.74) is 1.14. The highest BCUT2D eigenvalue weighted by Crippen LogP contribution is 2.29. The lowest BCUT2D eigenvalue weighted by Crippen LogP contribution is -2.15. The van der Waals surface area contributed by atoms with Crippen LogP contribution in [0.3, 0.4) is 0 Å². The molecule has 1 aromatic rings. The normalized spacial score (nSPS) is 11.0. The van der Waals surface area contributed by atoms with E-state index in [4.69, 9.17) is 16.3 Å². The van der Waals surface area contributed by atoms with E-state index in [-0.39, 0.29) is 0 Å². The van der Waals surface area contributed by atoms with Gasteiger partial charge in [0.25, 0.3) is 0 Å². The van der Waals surface area contributed by atoms with Crippen molar-refractivity contribution in [3.05, 3.63) is 28.8 Å². The zero-order valence-electron chi connectivity index (χ0n) is 12.3. The molecule has 0 heterocycles. The van der Waals surface area contributed by atoms with Crippen LogP contribution in [0, 0.1) is 5.92 Å². The molecular formula is C16H26ClNO. The Morgan fingerprint density at radius 1 is 1.32 bits per heavy atom. The van der Waals surface area contributed by atoms with Crippen molar-refractivity contribution in [2.45, 2.75) is 46.6 Å². The Labute approximate surface area is 122 Å². The average molecular weight is 284 g/mol. The second-order valence-corrected chi connectivity index (χ2v) is 5.70. The van der Waals surface area contributed by atoms with Crippen molar-refractivity contribution in [2.24, 2.45) is 5.92 Å². The molecule has 0 atom stereocenters. The molecule has 2 nitrogen and oxygen atoms in total. The van der Waals surface area contributed by atoms with Gasteiger partial charge in [0, 0.05) is 12.1 Å². The fourth-order valence-corrected chi connectivity index (χ4v) is 2.17. The summed E-state index contributed by atoms with van der Waals surface area (Å²) in [7, 11) is 0. The Bertz CT molecular complexity index is 366. The molecule has 0 aliphatic rings. The van der Waals surface area contributed by atoms with Crippen LogP contribution in [0.4, 0.5) is 0 Å². The maximum Gasteiger partial charge on any atom is 0.142 e. The Hall–Kier alpha value is -0.730. The number of benzene rings is 1. The molecule has 0 fully saturated rings. The minimum Gasteiger partial charge on any atom is -0.492 e. The van der Waals surface area contributed by atoms with Crippen LogP contribution in [-0.2, 0) is 6.54 Å². The Balaban J connectivity index is 2.53. The molecule has 1 aromatic carbocycles. The highest BCUT2D eigenvalue weighted by molar-refractivity contribution is 6.32. The first-order chi connectivity index (χ1) is 9.15. The quantitative estimate of drug-likeness (QED) is 0.666. The number of ether oxygens (including phenoxy) is 1. The lowest BCUT2D eigenvalue weighted by Gasteiger charge is -2.14. The van der Waals surface area contributed by atoms with Crippen LogP contribution in [-0.4, -0.2) is 13.2 Å². The third-order valence-electron chi connectivity index (χ3n) is 2.96. The van der Waals surface area contributed by atoms with E-state index in [1.165, 1.54) is 6.42 Å². The monoisotopic (exact) mass is 283 g/mol. The summed E-state index contributed by atoms with van der Waals surface area (Å²) in [6, 6.07) is 5.95. The maximum atomic E-state index is 6.23. The van der Waals surface area contributed by atoms with Crippen LogP contribution >= 0.6 is 11.6 Å². The summed E-state index contributed by atoms with van der Waals surface area (Å²) in [4.78, 5) is 0. The van der Waals surface area contributed by atoms with E-state index in [9.17, 15) is 0 Å². The van der Waals surface area contributed by atoms with Crippen molar-refractivity contribution < 1.29 is 4.74 Å². The lowest BCUT2D eigenvalue weighted by molar-refractivity contribution is 0.294. The molecule has 0 aromatic heterocycles. The van der Waals surface area contributed by atoms with Gasteiger partial charge in [-0.05, 0) is 37.8 Å². The second kappa shape index (κ2) is 9.22.